The number of phenols is 1. The molecule has 6 heteroatoms. The predicted molar refractivity (Wildman–Crippen MR) is 102 cm³/mol. The number of aromatic nitrogens is 1. The Bertz CT molecular complexity index is 975. The fraction of sp³-hybridized carbons (Fsp3) is 0.200. The summed E-state index contributed by atoms with van der Waals surface area (Å²) in [5.74, 6) is 0.230. The van der Waals surface area contributed by atoms with E-state index in [1.54, 1.807) is 31.2 Å². The van der Waals surface area contributed by atoms with E-state index in [2.05, 4.69) is 10.3 Å². The second-order valence-electron chi connectivity index (χ2n) is 5.83. The van der Waals surface area contributed by atoms with Crippen molar-refractivity contribution in [2.45, 2.75) is 25.4 Å². The Kier molecular flexibility index (Phi) is 5.42. The van der Waals surface area contributed by atoms with Gasteiger partial charge in [-0.05, 0) is 48.1 Å². The van der Waals surface area contributed by atoms with Gasteiger partial charge in [-0.15, -0.1) is 11.8 Å². The van der Waals surface area contributed by atoms with Crippen LogP contribution in [0.2, 0.25) is 0 Å². The number of aromatic hydroxyl groups is 1. The molecule has 2 aromatic carbocycles. The largest absolute Gasteiger partial charge is 0.507 e. The van der Waals surface area contributed by atoms with Gasteiger partial charge in [0.25, 0.3) is 5.91 Å². The van der Waals surface area contributed by atoms with Crippen LogP contribution in [0.4, 0.5) is 4.39 Å². The zero-order valence-corrected chi connectivity index (χ0v) is 15.4. The fourth-order valence-corrected chi connectivity index (χ4v) is 3.71. The van der Waals surface area contributed by atoms with Crippen LogP contribution in [0.1, 0.15) is 28.4 Å². The zero-order valence-electron chi connectivity index (χ0n) is 14.5. The first-order valence-electron chi connectivity index (χ1n) is 8.29. The number of pyridine rings is 1. The minimum Gasteiger partial charge on any atom is -0.507 e. The lowest BCUT2D eigenvalue weighted by atomic mass is 10.0. The summed E-state index contributed by atoms with van der Waals surface area (Å²) in [5.41, 5.74) is 2.46. The molecule has 0 atom stereocenters. The van der Waals surface area contributed by atoms with E-state index in [0.717, 1.165) is 5.75 Å². The molecule has 0 bridgehead atoms. The third-order valence-corrected chi connectivity index (χ3v) is 4.91. The second-order valence-corrected chi connectivity index (χ2v) is 7.09. The molecule has 0 radical (unpaired) electrons. The quantitative estimate of drug-likeness (QED) is 0.652. The third-order valence-electron chi connectivity index (χ3n) is 4.06. The Balaban J connectivity index is 1.99. The van der Waals surface area contributed by atoms with Crippen molar-refractivity contribution < 1.29 is 14.3 Å². The van der Waals surface area contributed by atoms with Gasteiger partial charge in [0, 0.05) is 11.9 Å². The molecule has 0 saturated heterocycles. The number of nitrogens with one attached hydrogen (secondary N) is 1. The van der Waals surface area contributed by atoms with Gasteiger partial charge in [0.1, 0.15) is 16.6 Å². The minimum atomic E-state index is -0.340. The maximum absolute atomic E-state index is 13.3. The van der Waals surface area contributed by atoms with Crippen LogP contribution >= 0.6 is 11.8 Å². The maximum Gasteiger partial charge on any atom is 0.254 e. The van der Waals surface area contributed by atoms with Gasteiger partial charge in [0.2, 0.25) is 0 Å². The number of halogens is 1. The summed E-state index contributed by atoms with van der Waals surface area (Å²) in [6.07, 6.45) is 0. The van der Waals surface area contributed by atoms with Gasteiger partial charge in [0.05, 0.1) is 11.1 Å². The second kappa shape index (κ2) is 7.74. The molecule has 3 aromatic rings. The molecule has 1 amide bonds. The summed E-state index contributed by atoms with van der Waals surface area (Å²) >= 11 is 1.48. The van der Waals surface area contributed by atoms with Gasteiger partial charge in [-0.25, -0.2) is 9.37 Å². The van der Waals surface area contributed by atoms with Gasteiger partial charge in [-0.2, -0.15) is 0 Å². The molecule has 1 heterocycles. The molecule has 4 nitrogen and oxygen atoms in total. The molecule has 1 aromatic heterocycles. The topological polar surface area (TPSA) is 62.2 Å². The van der Waals surface area contributed by atoms with Crippen LogP contribution in [0.15, 0.2) is 47.5 Å². The number of rotatable bonds is 5. The highest BCUT2D eigenvalue weighted by Crippen LogP contribution is 2.33. The summed E-state index contributed by atoms with van der Waals surface area (Å²) in [7, 11) is 0. The molecule has 134 valence electrons. The summed E-state index contributed by atoms with van der Waals surface area (Å²) in [6.45, 7) is 4.01. The normalized spacial score (nSPS) is 10.9. The first-order chi connectivity index (χ1) is 12.5. The lowest BCUT2D eigenvalue weighted by Gasteiger charge is -2.15. The SMILES string of the molecule is CCSc1nc2cccc(O)c2c(C)c1C(=O)NCc1cccc(F)c1. The van der Waals surface area contributed by atoms with Gasteiger partial charge in [0.15, 0.2) is 0 Å². The van der Waals surface area contributed by atoms with Crippen molar-refractivity contribution in [1.29, 1.82) is 0 Å². The Morgan fingerprint density at radius 2 is 2.04 bits per heavy atom. The number of hydrogen-bond acceptors (Lipinski definition) is 4. The van der Waals surface area contributed by atoms with E-state index >= 15 is 0 Å². The number of carbonyl (C=O) groups excluding carboxylic acids is 1. The molecule has 0 unspecified atom stereocenters. The van der Waals surface area contributed by atoms with Crippen LogP contribution in [0.3, 0.4) is 0 Å². The molecular formula is C20H19FN2O2S. The molecule has 0 aliphatic rings. The van der Waals surface area contributed by atoms with Crippen LogP contribution < -0.4 is 5.32 Å². The fourth-order valence-electron chi connectivity index (χ4n) is 2.88. The molecule has 0 spiro atoms. The standard InChI is InChI=1S/C20H19FN2O2S/c1-3-26-20-18(12(2)17-15(23-20)8-5-9-16(17)24)19(25)22-11-13-6-4-7-14(21)10-13/h4-10,24H,3,11H2,1-2H3,(H,22,25). The minimum absolute atomic E-state index is 0.0970. The van der Waals surface area contributed by atoms with Crippen LogP contribution in [-0.4, -0.2) is 21.8 Å². The number of hydrogen-bond donors (Lipinski definition) is 2. The first kappa shape index (κ1) is 18.2. The number of fused-ring (bicyclic) bond motifs is 1. The highest BCUT2D eigenvalue weighted by atomic mass is 32.2. The Labute approximate surface area is 155 Å². The Morgan fingerprint density at radius 1 is 1.27 bits per heavy atom. The van der Waals surface area contributed by atoms with E-state index in [-0.39, 0.29) is 24.0 Å². The number of nitrogens with zero attached hydrogens (tertiary/aromatic N) is 1. The average Bonchev–Trinajstić information content (AvgIpc) is 2.60. The Hall–Kier alpha value is -2.60. The van der Waals surface area contributed by atoms with Gasteiger partial charge in [-0.1, -0.05) is 25.1 Å². The summed E-state index contributed by atoms with van der Waals surface area (Å²) in [5, 5.41) is 14.2. The van der Waals surface area contributed by atoms with Crippen molar-refractivity contribution in [2.24, 2.45) is 0 Å². The van der Waals surface area contributed by atoms with Gasteiger partial charge in [-0.3, -0.25) is 4.79 Å². The number of benzene rings is 2. The van der Waals surface area contributed by atoms with Crippen LogP contribution in [-0.2, 0) is 6.54 Å². The number of phenolic OH excluding ortho intramolecular Hbond substituents is 1. The Morgan fingerprint density at radius 3 is 2.77 bits per heavy atom. The maximum atomic E-state index is 13.3. The van der Waals surface area contributed by atoms with E-state index in [1.165, 1.54) is 23.9 Å². The highest BCUT2D eigenvalue weighted by molar-refractivity contribution is 7.99. The van der Waals surface area contributed by atoms with E-state index in [9.17, 15) is 14.3 Å². The van der Waals surface area contributed by atoms with Crippen molar-refractivity contribution in [3.8, 4) is 5.75 Å². The van der Waals surface area contributed by atoms with E-state index in [1.807, 2.05) is 13.0 Å². The molecule has 0 aliphatic heterocycles. The van der Waals surface area contributed by atoms with Crippen molar-refractivity contribution in [3.05, 3.63) is 65.0 Å². The van der Waals surface area contributed by atoms with Crippen molar-refractivity contribution >= 4 is 28.6 Å². The smallest absolute Gasteiger partial charge is 0.254 e. The molecule has 0 fully saturated rings. The van der Waals surface area contributed by atoms with Crippen LogP contribution in [0.25, 0.3) is 10.9 Å². The van der Waals surface area contributed by atoms with Crippen LogP contribution in [0, 0.1) is 12.7 Å². The van der Waals surface area contributed by atoms with E-state index in [0.29, 0.717) is 32.6 Å². The lowest BCUT2D eigenvalue weighted by molar-refractivity contribution is 0.0947. The molecule has 0 saturated carbocycles. The molecule has 3 rings (SSSR count). The molecule has 26 heavy (non-hydrogen) atoms. The van der Waals surface area contributed by atoms with Crippen LogP contribution in [0.5, 0.6) is 5.75 Å². The number of thioether (sulfide) groups is 1. The molecule has 0 aliphatic carbocycles. The van der Waals surface area contributed by atoms with E-state index < -0.39 is 0 Å². The van der Waals surface area contributed by atoms with E-state index in [4.69, 9.17) is 0 Å². The third kappa shape index (κ3) is 3.65. The molecule has 2 N–H and O–H groups in total. The zero-order chi connectivity index (χ0) is 18.7. The van der Waals surface area contributed by atoms with Crippen molar-refractivity contribution in [1.82, 2.24) is 10.3 Å². The monoisotopic (exact) mass is 370 g/mol. The first-order valence-corrected chi connectivity index (χ1v) is 9.27. The number of carbonyl (C=O) groups is 1. The average molecular weight is 370 g/mol. The summed E-state index contributed by atoms with van der Waals surface area (Å²) in [6, 6.07) is 11.2. The number of aryl methyl sites for hydroxylation is 1. The number of amides is 1. The lowest BCUT2D eigenvalue weighted by Crippen LogP contribution is -2.25. The predicted octanol–water partition coefficient (Wildman–Crippen LogP) is 4.43. The van der Waals surface area contributed by atoms with Gasteiger partial charge < -0.3 is 10.4 Å². The summed E-state index contributed by atoms with van der Waals surface area (Å²) in [4.78, 5) is 17.4. The summed E-state index contributed by atoms with van der Waals surface area (Å²) < 4.78 is 13.3. The van der Waals surface area contributed by atoms with Crippen molar-refractivity contribution in [2.75, 3.05) is 5.75 Å². The highest BCUT2D eigenvalue weighted by Gasteiger charge is 2.20. The molecular weight excluding hydrogens is 351 g/mol. The van der Waals surface area contributed by atoms with Crippen molar-refractivity contribution in [3.63, 3.8) is 0 Å². The van der Waals surface area contributed by atoms with Gasteiger partial charge >= 0.3 is 0 Å².